The van der Waals surface area contributed by atoms with Crippen molar-refractivity contribution < 1.29 is 9.18 Å². The quantitative estimate of drug-likeness (QED) is 0.769. The predicted molar refractivity (Wildman–Crippen MR) is 107 cm³/mol. The molecule has 2 atom stereocenters. The molecule has 0 saturated carbocycles. The number of piperidine rings is 2. The lowest BCUT2D eigenvalue weighted by Crippen LogP contribution is -2.66. The number of amides is 1. The molecule has 3 heterocycles. The van der Waals surface area contributed by atoms with E-state index in [1.807, 2.05) is 6.92 Å². The van der Waals surface area contributed by atoms with E-state index in [1.54, 1.807) is 18.2 Å². The first-order valence-electron chi connectivity index (χ1n) is 9.66. The fraction of sp³-hybridized carbons (Fsp3) is 0.524. The van der Waals surface area contributed by atoms with Gasteiger partial charge in [-0.25, -0.2) is 9.37 Å². The van der Waals surface area contributed by atoms with E-state index in [0.29, 0.717) is 21.1 Å². The number of hydrogen-bond acceptors (Lipinski definition) is 4. The lowest BCUT2D eigenvalue weighted by molar-refractivity contribution is -0.0346. The van der Waals surface area contributed by atoms with Gasteiger partial charge < -0.3 is 4.90 Å². The van der Waals surface area contributed by atoms with Crippen molar-refractivity contribution in [3.05, 3.63) is 40.7 Å². The number of likely N-dealkylation sites (N-methyl/N-ethyl adjacent to an activating group) is 1. The van der Waals surface area contributed by atoms with Gasteiger partial charge in [0.15, 0.2) is 0 Å². The summed E-state index contributed by atoms with van der Waals surface area (Å²) >= 11 is 1.31. The molecular formula is C21H26FN3OS. The third-order valence-corrected chi connectivity index (χ3v) is 7.55. The highest BCUT2D eigenvalue weighted by molar-refractivity contribution is 7.17. The first-order valence-corrected chi connectivity index (χ1v) is 10.5. The number of hydrogen-bond donors (Lipinski definition) is 0. The van der Waals surface area contributed by atoms with E-state index in [4.69, 9.17) is 0 Å². The van der Waals surface area contributed by atoms with E-state index in [-0.39, 0.29) is 23.3 Å². The Morgan fingerprint density at radius 3 is 2.85 bits per heavy atom. The first kappa shape index (κ1) is 18.6. The first-order chi connectivity index (χ1) is 12.9. The molecule has 1 amide bonds. The third-order valence-electron chi connectivity index (χ3n) is 6.38. The number of rotatable bonds is 2. The Kier molecular flexibility index (Phi) is 4.80. The van der Waals surface area contributed by atoms with Crippen LogP contribution in [0, 0.1) is 12.7 Å². The van der Waals surface area contributed by atoms with E-state index < -0.39 is 0 Å². The average molecular weight is 388 g/mol. The summed E-state index contributed by atoms with van der Waals surface area (Å²) in [7, 11) is 2.17. The van der Waals surface area contributed by atoms with Gasteiger partial charge in [0.05, 0.1) is 11.7 Å². The number of fused-ring (bicyclic) bond motifs is 1. The zero-order valence-electron chi connectivity index (χ0n) is 16.2. The van der Waals surface area contributed by atoms with Crippen molar-refractivity contribution in [3.63, 3.8) is 0 Å². The smallest absolute Gasteiger partial charge is 0.266 e. The van der Waals surface area contributed by atoms with Gasteiger partial charge in [-0.1, -0.05) is 12.1 Å². The number of likely N-dealkylation sites (tertiary alicyclic amines) is 2. The van der Waals surface area contributed by atoms with Crippen LogP contribution in [-0.2, 0) is 0 Å². The summed E-state index contributed by atoms with van der Waals surface area (Å²) in [5.41, 5.74) is 1.20. The molecule has 2 saturated heterocycles. The Labute approximate surface area is 164 Å². The topological polar surface area (TPSA) is 36.4 Å². The summed E-state index contributed by atoms with van der Waals surface area (Å²) in [6.07, 6.45) is 4.30. The van der Waals surface area contributed by atoms with Crippen LogP contribution >= 0.6 is 11.3 Å². The van der Waals surface area contributed by atoms with Crippen molar-refractivity contribution in [1.29, 1.82) is 0 Å². The molecule has 0 radical (unpaired) electrons. The second-order valence-corrected chi connectivity index (χ2v) is 8.95. The van der Waals surface area contributed by atoms with Crippen molar-refractivity contribution in [3.8, 4) is 10.6 Å². The molecule has 27 heavy (non-hydrogen) atoms. The molecular weight excluding hydrogens is 361 g/mol. The maximum atomic E-state index is 14.2. The number of halogens is 1. The van der Waals surface area contributed by atoms with E-state index in [0.717, 1.165) is 38.8 Å². The minimum absolute atomic E-state index is 0.0408. The molecule has 0 bridgehead atoms. The Morgan fingerprint density at radius 2 is 2.07 bits per heavy atom. The van der Waals surface area contributed by atoms with Crippen molar-refractivity contribution in [2.24, 2.45) is 0 Å². The van der Waals surface area contributed by atoms with Crippen LogP contribution in [0.4, 0.5) is 4.39 Å². The van der Waals surface area contributed by atoms with Crippen molar-refractivity contribution >= 4 is 17.2 Å². The maximum absolute atomic E-state index is 14.2. The predicted octanol–water partition coefficient (Wildman–Crippen LogP) is 4.35. The number of aryl methyl sites for hydroxylation is 1. The molecule has 1 aromatic carbocycles. The lowest BCUT2D eigenvalue weighted by Gasteiger charge is -2.55. The highest BCUT2D eigenvalue weighted by Gasteiger charge is 2.47. The monoisotopic (exact) mass is 387 g/mol. The zero-order chi connectivity index (χ0) is 19.2. The summed E-state index contributed by atoms with van der Waals surface area (Å²) in [6.45, 7) is 6.02. The van der Waals surface area contributed by atoms with Crippen LogP contribution in [0.3, 0.4) is 0 Å². The molecule has 144 valence electrons. The maximum Gasteiger partial charge on any atom is 0.266 e. The Morgan fingerprint density at radius 1 is 1.30 bits per heavy atom. The van der Waals surface area contributed by atoms with Gasteiger partial charge >= 0.3 is 0 Å². The van der Waals surface area contributed by atoms with Crippen molar-refractivity contribution in [2.75, 3.05) is 20.1 Å². The summed E-state index contributed by atoms with van der Waals surface area (Å²) in [4.78, 5) is 23.1. The van der Waals surface area contributed by atoms with Gasteiger partial charge in [0.1, 0.15) is 15.7 Å². The highest BCUT2D eigenvalue weighted by atomic mass is 32.1. The van der Waals surface area contributed by atoms with Crippen LogP contribution in [0.1, 0.15) is 48.0 Å². The van der Waals surface area contributed by atoms with Gasteiger partial charge in [-0.15, -0.1) is 11.3 Å². The fourth-order valence-electron chi connectivity index (χ4n) is 4.67. The summed E-state index contributed by atoms with van der Waals surface area (Å²) in [5, 5.41) is 0.578. The molecule has 0 spiro atoms. The van der Waals surface area contributed by atoms with Crippen LogP contribution in [0.2, 0.25) is 0 Å². The number of nitrogens with zero attached hydrogens (tertiary/aromatic N) is 3. The average Bonchev–Trinajstić information content (AvgIpc) is 3.03. The number of benzene rings is 1. The largest absolute Gasteiger partial charge is 0.333 e. The fourth-order valence-corrected chi connectivity index (χ4v) is 5.72. The Balaban J connectivity index is 1.66. The SMILES string of the molecule is Cc1nc(-c2ccccc2F)sc1C(=O)N1CCC[C@@]2(C)[C@@H]1CCCN2C. The molecule has 0 unspecified atom stereocenters. The van der Waals surface area contributed by atoms with E-state index in [1.165, 1.54) is 17.4 Å². The number of aromatic nitrogens is 1. The molecule has 4 rings (SSSR count). The molecule has 1 aromatic heterocycles. The zero-order valence-corrected chi connectivity index (χ0v) is 17.0. The van der Waals surface area contributed by atoms with E-state index in [2.05, 4.69) is 28.8 Å². The lowest BCUT2D eigenvalue weighted by atomic mass is 9.76. The molecule has 2 fully saturated rings. The molecule has 0 N–H and O–H groups in total. The van der Waals surface area contributed by atoms with Gasteiger partial charge in [-0.05, 0) is 65.3 Å². The van der Waals surface area contributed by atoms with Gasteiger partial charge in [-0.3, -0.25) is 9.69 Å². The summed E-state index contributed by atoms with van der Waals surface area (Å²) in [6, 6.07) is 6.84. The summed E-state index contributed by atoms with van der Waals surface area (Å²) in [5.74, 6) is -0.247. The number of thiazole rings is 1. The number of carbonyl (C=O) groups is 1. The highest BCUT2D eigenvalue weighted by Crippen LogP contribution is 2.40. The summed E-state index contributed by atoms with van der Waals surface area (Å²) < 4.78 is 14.2. The minimum atomic E-state index is -0.301. The molecule has 4 nitrogen and oxygen atoms in total. The minimum Gasteiger partial charge on any atom is -0.333 e. The Hall–Kier alpha value is -1.79. The number of carbonyl (C=O) groups excluding carboxylic acids is 1. The second kappa shape index (κ2) is 6.99. The molecule has 0 aliphatic carbocycles. The van der Waals surface area contributed by atoms with Gasteiger partial charge in [-0.2, -0.15) is 0 Å². The van der Waals surface area contributed by atoms with Crippen LogP contribution in [0.5, 0.6) is 0 Å². The van der Waals surface area contributed by atoms with Crippen molar-refractivity contribution in [2.45, 2.75) is 51.1 Å². The molecule has 2 aliphatic rings. The molecule has 6 heteroatoms. The van der Waals surface area contributed by atoms with Crippen LogP contribution < -0.4 is 0 Å². The van der Waals surface area contributed by atoms with Crippen LogP contribution in [-0.4, -0.2) is 52.4 Å². The third kappa shape index (κ3) is 3.09. The molecule has 2 aromatic rings. The van der Waals surface area contributed by atoms with E-state index >= 15 is 0 Å². The molecule has 2 aliphatic heterocycles. The standard InChI is InChI=1S/C21H26FN3OS/c1-14-18(27-19(23-14)15-8-4-5-9-16(15)22)20(26)25-13-7-11-21(2)17(25)10-6-12-24(21)3/h4-5,8-9,17H,6-7,10-13H2,1-3H3/t17-,21-/m0/s1. The van der Waals surface area contributed by atoms with Crippen molar-refractivity contribution in [1.82, 2.24) is 14.8 Å². The second-order valence-electron chi connectivity index (χ2n) is 7.95. The van der Waals surface area contributed by atoms with E-state index in [9.17, 15) is 9.18 Å². The van der Waals surface area contributed by atoms with Gasteiger partial charge in [0, 0.05) is 17.6 Å². The van der Waals surface area contributed by atoms with Crippen LogP contribution in [0.15, 0.2) is 24.3 Å². The normalized spacial score (nSPS) is 26.1. The van der Waals surface area contributed by atoms with Gasteiger partial charge in [0.2, 0.25) is 0 Å². The van der Waals surface area contributed by atoms with Crippen LogP contribution in [0.25, 0.3) is 10.6 Å². The van der Waals surface area contributed by atoms with Gasteiger partial charge in [0.25, 0.3) is 5.91 Å². The Bertz CT molecular complexity index is 867.